The molecule has 0 aliphatic carbocycles. The maximum Gasteiger partial charge on any atom is 0.318 e. The summed E-state index contributed by atoms with van der Waals surface area (Å²) >= 11 is 0. The highest BCUT2D eigenvalue weighted by Crippen LogP contribution is 2.40. The topological polar surface area (TPSA) is 56.8 Å². The van der Waals surface area contributed by atoms with Crippen LogP contribution in [0.5, 0.6) is 6.01 Å². The molecular weight excluding hydrogens is 448 g/mol. The quantitative estimate of drug-likeness (QED) is 0.595. The molecule has 0 amide bonds. The lowest BCUT2D eigenvalue weighted by Gasteiger charge is -2.54. The van der Waals surface area contributed by atoms with E-state index in [1.807, 2.05) is 0 Å². The normalized spacial score (nSPS) is 25.7. The van der Waals surface area contributed by atoms with Gasteiger partial charge in [0.1, 0.15) is 12.4 Å². The number of fused-ring (bicyclic) bond motifs is 4. The van der Waals surface area contributed by atoms with Gasteiger partial charge in [0.25, 0.3) is 0 Å². The number of aromatic nitrogens is 2. The lowest BCUT2D eigenvalue weighted by atomic mass is 9.87. The smallest absolute Gasteiger partial charge is 0.318 e. The van der Waals surface area contributed by atoms with Crippen molar-refractivity contribution < 1.29 is 4.74 Å². The third-order valence-electron chi connectivity index (χ3n) is 8.87. The first-order chi connectivity index (χ1) is 17.7. The maximum absolute atomic E-state index is 6.31. The Labute approximate surface area is 213 Å². The number of hydrogen-bond donors (Lipinski definition) is 1. The molecule has 36 heavy (non-hydrogen) atoms. The largest absolute Gasteiger partial charge is 0.462 e. The van der Waals surface area contributed by atoms with Crippen LogP contribution in [0.1, 0.15) is 36.1 Å². The van der Waals surface area contributed by atoms with E-state index in [2.05, 4.69) is 70.4 Å². The number of likely N-dealkylation sites (N-methyl/N-ethyl adjacent to an activating group) is 1. The zero-order valence-corrected chi connectivity index (χ0v) is 21.4. The summed E-state index contributed by atoms with van der Waals surface area (Å²) in [5, 5.41) is 6.21. The Morgan fingerprint density at radius 1 is 1.06 bits per heavy atom. The van der Waals surface area contributed by atoms with Crippen LogP contribution in [0.4, 0.5) is 11.5 Å². The average molecular weight is 485 g/mol. The number of rotatable bonds is 5. The number of hydrogen-bond acceptors (Lipinski definition) is 7. The zero-order valence-electron chi connectivity index (χ0n) is 21.4. The number of likely N-dealkylation sites (tertiary alicyclic amines) is 1. The number of aryl methyl sites for hydroxylation is 1. The van der Waals surface area contributed by atoms with Gasteiger partial charge in [-0.2, -0.15) is 9.97 Å². The van der Waals surface area contributed by atoms with Crippen molar-refractivity contribution in [1.29, 1.82) is 0 Å². The molecule has 3 unspecified atom stereocenters. The van der Waals surface area contributed by atoms with Crippen LogP contribution < -0.4 is 19.9 Å². The van der Waals surface area contributed by atoms with Crippen molar-refractivity contribution in [3.8, 4) is 6.01 Å². The van der Waals surface area contributed by atoms with E-state index in [1.165, 1.54) is 46.8 Å². The Morgan fingerprint density at radius 3 is 2.67 bits per heavy atom. The molecule has 3 saturated heterocycles. The predicted octanol–water partition coefficient (Wildman–Crippen LogP) is 3.52. The summed E-state index contributed by atoms with van der Waals surface area (Å²) < 4.78 is 6.31. The van der Waals surface area contributed by atoms with Crippen LogP contribution >= 0.6 is 0 Å². The summed E-state index contributed by atoms with van der Waals surface area (Å²) in [6.07, 6.45) is 4.65. The van der Waals surface area contributed by atoms with E-state index in [1.54, 1.807) is 0 Å². The van der Waals surface area contributed by atoms with Gasteiger partial charge in [-0.25, -0.2) is 0 Å². The van der Waals surface area contributed by atoms with E-state index in [9.17, 15) is 0 Å². The highest BCUT2D eigenvalue weighted by molar-refractivity contribution is 5.97. The van der Waals surface area contributed by atoms with Gasteiger partial charge in [-0.05, 0) is 63.2 Å². The van der Waals surface area contributed by atoms with Gasteiger partial charge in [0.2, 0.25) is 0 Å². The molecule has 0 radical (unpaired) electrons. The van der Waals surface area contributed by atoms with Crippen LogP contribution in [0.3, 0.4) is 0 Å². The van der Waals surface area contributed by atoms with Gasteiger partial charge in [-0.1, -0.05) is 30.3 Å². The molecule has 4 aliphatic heterocycles. The Hall–Kier alpha value is -2.90. The Balaban J connectivity index is 1.24. The Bertz CT molecular complexity index is 1270. The minimum absolute atomic E-state index is 0.454. The standard InChI is InChI=1S/C29H36N6O/c1-19-6-3-7-20-8-4-10-26(27(19)20)34-13-11-24-25(17-34)31-29(36-18-21-9-5-12-33(21)2)32-28(24)35-22-14-23(35)16-30-15-22/h3-4,6-8,10,21-23,30H,5,9,11-18H2,1-2H3. The van der Waals surface area contributed by atoms with Gasteiger partial charge in [0.05, 0.1) is 12.2 Å². The Morgan fingerprint density at radius 2 is 1.89 bits per heavy atom. The van der Waals surface area contributed by atoms with Crippen molar-refractivity contribution >= 4 is 22.3 Å². The van der Waals surface area contributed by atoms with Gasteiger partial charge in [-0.15, -0.1) is 0 Å². The van der Waals surface area contributed by atoms with E-state index in [0.717, 1.165) is 50.7 Å². The number of ether oxygens (including phenoxy) is 1. The van der Waals surface area contributed by atoms with Crippen LogP contribution in [0, 0.1) is 6.92 Å². The molecule has 1 N–H and O–H groups in total. The molecule has 4 aliphatic rings. The summed E-state index contributed by atoms with van der Waals surface area (Å²) in [5.74, 6) is 1.13. The summed E-state index contributed by atoms with van der Waals surface area (Å²) in [4.78, 5) is 17.6. The van der Waals surface area contributed by atoms with Crippen molar-refractivity contribution in [3.05, 3.63) is 53.2 Å². The molecule has 3 aromatic rings. The van der Waals surface area contributed by atoms with E-state index in [-0.39, 0.29) is 0 Å². The molecule has 0 saturated carbocycles. The maximum atomic E-state index is 6.31. The summed E-state index contributed by atoms with van der Waals surface area (Å²) in [7, 11) is 2.19. The molecule has 0 spiro atoms. The number of nitrogens with zero attached hydrogens (tertiary/aromatic N) is 5. The highest BCUT2D eigenvalue weighted by Gasteiger charge is 2.44. The molecule has 1 aromatic heterocycles. The van der Waals surface area contributed by atoms with Crippen LogP contribution in [0.2, 0.25) is 0 Å². The number of anilines is 2. The van der Waals surface area contributed by atoms with E-state index < -0.39 is 0 Å². The molecule has 7 heteroatoms. The van der Waals surface area contributed by atoms with E-state index in [0.29, 0.717) is 30.7 Å². The molecule has 2 aromatic carbocycles. The number of benzene rings is 2. The summed E-state index contributed by atoms with van der Waals surface area (Å²) in [6, 6.07) is 15.3. The SMILES string of the molecule is Cc1cccc2cccc(N3CCc4c(nc(OCC5CCCN5C)nc4N4C5CNCC4C5)C3)c12. The molecular formula is C29H36N6O. The summed E-state index contributed by atoms with van der Waals surface area (Å²) in [5.41, 5.74) is 5.08. The highest BCUT2D eigenvalue weighted by atomic mass is 16.5. The third kappa shape index (κ3) is 3.71. The number of piperidine rings is 1. The van der Waals surface area contributed by atoms with Crippen molar-refractivity contribution in [2.75, 3.05) is 49.6 Å². The zero-order chi connectivity index (χ0) is 24.2. The molecule has 3 atom stereocenters. The van der Waals surface area contributed by atoms with Crippen molar-refractivity contribution in [1.82, 2.24) is 20.2 Å². The van der Waals surface area contributed by atoms with Crippen LogP contribution in [0.15, 0.2) is 36.4 Å². The second-order valence-electron chi connectivity index (χ2n) is 11.1. The van der Waals surface area contributed by atoms with Crippen molar-refractivity contribution in [2.24, 2.45) is 0 Å². The van der Waals surface area contributed by atoms with Gasteiger partial charge in [-0.3, -0.25) is 0 Å². The molecule has 188 valence electrons. The predicted molar refractivity (Wildman–Crippen MR) is 144 cm³/mol. The fraction of sp³-hybridized carbons (Fsp3) is 0.517. The molecule has 2 bridgehead atoms. The second-order valence-corrected chi connectivity index (χ2v) is 11.1. The van der Waals surface area contributed by atoms with Gasteiger partial charge in [0.15, 0.2) is 0 Å². The fourth-order valence-corrected chi connectivity index (χ4v) is 6.83. The third-order valence-corrected chi connectivity index (χ3v) is 8.87. The van der Waals surface area contributed by atoms with Crippen LogP contribution in [0.25, 0.3) is 10.8 Å². The molecule has 7 rings (SSSR count). The van der Waals surface area contributed by atoms with Crippen LogP contribution in [-0.2, 0) is 13.0 Å². The first kappa shape index (κ1) is 22.3. The number of nitrogens with one attached hydrogen (secondary N) is 1. The minimum atomic E-state index is 0.454. The van der Waals surface area contributed by atoms with Crippen molar-refractivity contribution in [2.45, 2.75) is 57.3 Å². The molecule has 3 fully saturated rings. The first-order valence-electron chi connectivity index (χ1n) is 13.6. The minimum Gasteiger partial charge on any atom is -0.462 e. The van der Waals surface area contributed by atoms with E-state index >= 15 is 0 Å². The van der Waals surface area contributed by atoms with E-state index in [4.69, 9.17) is 14.7 Å². The summed E-state index contributed by atoms with van der Waals surface area (Å²) in [6.45, 7) is 7.88. The monoisotopic (exact) mass is 484 g/mol. The lowest BCUT2D eigenvalue weighted by Crippen LogP contribution is -2.68. The fourth-order valence-electron chi connectivity index (χ4n) is 6.83. The Kier molecular flexibility index (Phi) is 5.51. The van der Waals surface area contributed by atoms with Gasteiger partial charge < -0.3 is 24.8 Å². The first-order valence-corrected chi connectivity index (χ1v) is 13.6. The van der Waals surface area contributed by atoms with Crippen molar-refractivity contribution in [3.63, 3.8) is 0 Å². The number of piperazine rings is 1. The average Bonchev–Trinajstić information content (AvgIpc) is 3.32. The second kappa shape index (κ2) is 8.89. The molecule has 7 nitrogen and oxygen atoms in total. The van der Waals surface area contributed by atoms with Gasteiger partial charge >= 0.3 is 6.01 Å². The lowest BCUT2D eigenvalue weighted by molar-refractivity contribution is 0.186. The van der Waals surface area contributed by atoms with Gasteiger partial charge in [0, 0.05) is 54.4 Å². The van der Waals surface area contributed by atoms with Crippen LogP contribution in [-0.4, -0.2) is 72.8 Å². The molecule has 5 heterocycles.